The predicted octanol–water partition coefficient (Wildman–Crippen LogP) is 1.96. The number of hydrogen-bond donors (Lipinski definition) is 1. The van der Waals surface area contributed by atoms with E-state index in [1.54, 1.807) is 6.20 Å². The van der Waals surface area contributed by atoms with Crippen molar-refractivity contribution in [2.45, 2.75) is 65.2 Å². The van der Waals surface area contributed by atoms with Crippen LogP contribution in [0.5, 0.6) is 0 Å². The number of rotatable bonds is 3. The zero-order valence-electron chi connectivity index (χ0n) is 15.8. The highest BCUT2D eigenvalue weighted by Crippen LogP contribution is 2.36. The van der Waals surface area contributed by atoms with Crippen LogP contribution in [0.2, 0.25) is 0 Å². The summed E-state index contributed by atoms with van der Waals surface area (Å²) in [4.78, 5) is 12.5. The summed E-state index contributed by atoms with van der Waals surface area (Å²) in [5, 5.41) is 13.6. The Hall–Kier alpha value is -1.54. The molecule has 8 heteroatoms. The third-order valence-corrected chi connectivity index (χ3v) is 5.96. The SMILES string of the molecule is CC1(Cn2cc(B3OC(C)(C)C(C)(C)O3)cn2)CCN(C(=O)O)CC1. The minimum atomic E-state index is -0.829. The molecule has 0 unspecified atom stereocenters. The Morgan fingerprint density at radius 3 is 2.28 bits per heavy atom. The van der Waals surface area contributed by atoms with Crippen molar-refractivity contribution in [3.05, 3.63) is 12.4 Å². The predicted molar refractivity (Wildman–Crippen MR) is 94.9 cm³/mol. The Balaban J connectivity index is 1.64. The fraction of sp³-hybridized carbons (Fsp3) is 0.765. The van der Waals surface area contributed by atoms with E-state index in [0.29, 0.717) is 13.1 Å². The summed E-state index contributed by atoms with van der Waals surface area (Å²) in [6.45, 7) is 12.3. The second-order valence-electron chi connectivity index (χ2n) is 8.64. The smallest absolute Gasteiger partial charge is 0.465 e. The van der Waals surface area contributed by atoms with Crippen LogP contribution in [0.1, 0.15) is 47.5 Å². The van der Waals surface area contributed by atoms with Crippen molar-refractivity contribution in [2.75, 3.05) is 13.1 Å². The van der Waals surface area contributed by atoms with Crippen LogP contribution >= 0.6 is 0 Å². The molecule has 3 heterocycles. The summed E-state index contributed by atoms with van der Waals surface area (Å²) in [6.07, 6.45) is 4.63. The molecule has 7 nitrogen and oxygen atoms in total. The molecule has 0 aromatic carbocycles. The molecule has 1 amide bonds. The van der Waals surface area contributed by atoms with Crippen molar-refractivity contribution in [2.24, 2.45) is 5.41 Å². The molecule has 138 valence electrons. The van der Waals surface area contributed by atoms with Gasteiger partial charge in [0.1, 0.15) is 0 Å². The van der Waals surface area contributed by atoms with Gasteiger partial charge in [0.2, 0.25) is 0 Å². The average Bonchev–Trinajstić information content (AvgIpc) is 3.01. The average molecular weight is 349 g/mol. The van der Waals surface area contributed by atoms with Gasteiger partial charge in [0.05, 0.1) is 11.2 Å². The largest absolute Gasteiger partial charge is 0.498 e. The zero-order chi connectivity index (χ0) is 18.5. The van der Waals surface area contributed by atoms with Crippen molar-refractivity contribution in [3.8, 4) is 0 Å². The minimum Gasteiger partial charge on any atom is -0.465 e. The van der Waals surface area contributed by atoms with Crippen molar-refractivity contribution in [3.63, 3.8) is 0 Å². The van der Waals surface area contributed by atoms with Gasteiger partial charge < -0.3 is 19.3 Å². The number of piperidine rings is 1. The number of carbonyl (C=O) groups is 1. The molecule has 1 N–H and O–H groups in total. The van der Waals surface area contributed by atoms with Crippen LogP contribution in [-0.4, -0.2) is 57.3 Å². The molecule has 2 fully saturated rings. The Bertz CT molecular complexity index is 634. The number of carboxylic acid groups (broad SMARTS) is 1. The van der Waals surface area contributed by atoms with Crippen LogP contribution in [-0.2, 0) is 15.9 Å². The van der Waals surface area contributed by atoms with Gasteiger partial charge in [-0.3, -0.25) is 4.68 Å². The van der Waals surface area contributed by atoms with Crippen LogP contribution in [0, 0.1) is 5.41 Å². The van der Waals surface area contributed by atoms with E-state index in [4.69, 9.17) is 14.4 Å². The van der Waals surface area contributed by atoms with Crippen molar-refractivity contribution >= 4 is 18.7 Å². The highest BCUT2D eigenvalue weighted by Gasteiger charge is 2.52. The second-order valence-corrected chi connectivity index (χ2v) is 8.64. The molecule has 0 atom stereocenters. The maximum absolute atomic E-state index is 11.1. The van der Waals surface area contributed by atoms with Crippen molar-refractivity contribution in [1.82, 2.24) is 14.7 Å². The molecule has 25 heavy (non-hydrogen) atoms. The maximum Gasteiger partial charge on any atom is 0.498 e. The van der Waals surface area contributed by atoms with Gasteiger partial charge in [-0.2, -0.15) is 5.10 Å². The van der Waals surface area contributed by atoms with E-state index in [2.05, 4.69) is 12.0 Å². The molecule has 0 bridgehead atoms. The summed E-state index contributed by atoms with van der Waals surface area (Å²) < 4.78 is 14.1. The van der Waals surface area contributed by atoms with Crippen LogP contribution < -0.4 is 5.46 Å². The third kappa shape index (κ3) is 3.55. The first-order valence-electron chi connectivity index (χ1n) is 8.87. The first-order valence-corrected chi connectivity index (χ1v) is 8.87. The van der Waals surface area contributed by atoms with Crippen LogP contribution in [0.4, 0.5) is 4.79 Å². The summed E-state index contributed by atoms with van der Waals surface area (Å²) in [7, 11) is -0.402. The minimum absolute atomic E-state index is 0.0468. The summed E-state index contributed by atoms with van der Waals surface area (Å²) in [5.74, 6) is 0. The molecular formula is C17H28BN3O4. The fourth-order valence-electron chi connectivity index (χ4n) is 3.35. The molecular weight excluding hydrogens is 321 g/mol. The van der Waals surface area contributed by atoms with Gasteiger partial charge >= 0.3 is 13.2 Å². The van der Waals surface area contributed by atoms with Gasteiger partial charge in [-0.15, -0.1) is 0 Å². The topological polar surface area (TPSA) is 76.8 Å². The molecule has 0 spiro atoms. The highest BCUT2D eigenvalue weighted by molar-refractivity contribution is 6.61. The molecule has 0 radical (unpaired) electrons. The van der Waals surface area contributed by atoms with E-state index in [9.17, 15) is 4.79 Å². The molecule has 1 aromatic heterocycles. The van der Waals surface area contributed by atoms with Gasteiger partial charge in [-0.1, -0.05) is 6.92 Å². The van der Waals surface area contributed by atoms with Gasteiger partial charge in [0.15, 0.2) is 0 Å². The highest BCUT2D eigenvalue weighted by atomic mass is 16.7. The monoisotopic (exact) mass is 349 g/mol. The molecule has 2 aliphatic heterocycles. The van der Waals surface area contributed by atoms with E-state index < -0.39 is 13.2 Å². The normalized spacial score (nSPS) is 24.5. The van der Waals surface area contributed by atoms with Crippen LogP contribution in [0.15, 0.2) is 12.4 Å². The van der Waals surface area contributed by atoms with Crippen molar-refractivity contribution in [1.29, 1.82) is 0 Å². The summed E-state index contributed by atoms with van der Waals surface area (Å²) in [6, 6.07) is 0. The zero-order valence-corrected chi connectivity index (χ0v) is 15.8. The second kappa shape index (κ2) is 6.02. The molecule has 0 saturated carbocycles. The number of aromatic nitrogens is 2. The Morgan fingerprint density at radius 1 is 1.20 bits per heavy atom. The van der Waals surface area contributed by atoms with Crippen molar-refractivity contribution < 1.29 is 19.2 Å². The quantitative estimate of drug-likeness (QED) is 0.845. The summed E-state index contributed by atoms with van der Waals surface area (Å²) in [5.41, 5.74) is 0.237. The van der Waals surface area contributed by atoms with E-state index in [-0.39, 0.29) is 16.6 Å². The standard InChI is InChI=1S/C17H28BN3O4/c1-15(2)16(3,4)25-18(24-15)13-10-19-21(11-13)12-17(5)6-8-20(9-7-17)14(22)23/h10-11H,6-9,12H2,1-5H3,(H,22,23). The fourth-order valence-corrected chi connectivity index (χ4v) is 3.35. The van der Waals surface area contributed by atoms with E-state index in [1.807, 2.05) is 38.6 Å². The molecule has 0 aliphatic carbocycles. The first-order chi connectivity index (χ1) is 11.5. The number of nitrogens with zero attached hydrogens (tertiary/aromatic N) is 3. The Kier molecular flexibility index (Phi) is 4.40. The molecule has 2 aliphatic rings. The third-order valence-electron chi connectivity index (χ3n) is 5.96. The maximum atomic E-state index is 11.1. The number of hydrogen-bond acceptors (Lipinski definition) is 4. The van der Waals surface area contributed by atoms with Gasteiger partial charge in [-0.05, 0) is 46.0 Å². The molecule has 3 rings (SSSR count). The lowest BCUT2D eigenvalue weighted by molar-refractivity contribution is 0.00578. The lowest BCUT2D eigenvalue weighted by Gasteiger charge is -2.38. The number of amides is 1. The first kappa shape index (κ1) is 18.3. The Morgan fingerprint density at radius 2 is 1.76 bits per heavy atom. The van der Waals surface area contributed by atoms with Gasteiger partial charge in [0.25, 0.3) is 0 Å². The lowest BCUT2D eigenvalue weighted by Crippen LogP contribution is -2.43. The lowest BCUT2D eigenvalue weighted by atomic mass is 9.80. The van der Waals surface area contributed by atoms with Gasteiger partial charge in [-0.25, -0.2) is 4.79 Å². The number of likely N-dealkylation sites (tertiary alicyclic amines) is 1. The molecule has 1 aromatic rings. The van der Waals surface area contributed by atoms with E-state index in [0.717, 1.165) is 24.8 Å². The van der Waals surface area contributed by atoms with E-state index in [1.165, 1.54) is 4.90 Å². The van der Waals surface area contributed by atoms with Gasteiger partial charge in [0, 0.05) is 37.5 Å². The Labute approximate surface area is 149 Å². The van der Waals surface area contributed by atoms with E-state index >= 15 is 0 Å². The van der Waals surface area contributed by atoms with Crippen LogP contribution in [0.3, 0.4) is 0 Å². The molecule has 2 saturated heterocycles. The summed E-state index contributed by atoms with van der Waals surface area (Å²) >= 11 is 0. The van der Waals surface area contributed by atoms with Crippen LogP contribution in [0.25, 0.3) is 0 Å².